The normalized spacial score (nSPS) is 16.4. The van der Waals surface area contributed by atoms with Gasteiger partial charge >= 0.3 is 0 Å². The maximum absolute atomic E-state index is 13.8. The fourth-order valence-electron chi connectivity index (χ4n) is 3.05. The van der Waals surface area contributed by atoms with Gasteiger partial charge in [-0.2, -0.15) is 0 Å². The molecule has 1 N–H and O–H groups in total. The summed E-state index contributed by atoms with van der Waals surface area (Å²) in [6.07, 6.45) is 4.11. The second-order valence-corrected chi connectivity index (χ2v) is 6.21. The van der Waals surface area contributed by atoms with Gasteiger partial charge in [0, 0.05) is 38.0 Å². The van der Waals surface area contributed by atoms with E-state index in [1.165, 1.54) is 18.3 Å². The molecule has 9 heteroatoms. The van der Waals surface area contributed by atoms with E-state index in [0.717, 1.165) is 25.5 Å². The highest BCUT2D eigenvalue weighted by Gasteiger charge is 2.22. The number of carbonyl (C=O) groups is 1. The Balaban J connectivity index is 0.00000182. The summed E-state index contributed by atoms with van der Waals surface area (Å²) in [5.41, 5.74) is 0.152. The molecular formula is C18H23Cl2F2N3O2. The molecule has 1 aromatic carbocycles. The van der Waals surface area contributed by atoms with Crippen LogP contribution in [-0.2, 0) is 11.2 Å². The highest BCUT2D eigenvalue weighted by Crippen LogP contribution is 2.24. The topological polar surface area (TPSA) is 58.4 Å². The Hall–Kier alpha value is -1.70. The number of benzene rings is 1. The largest absolute Gasteiger partial charge is 0.441 e. The van der Waals surface area contributed by atoms with Gasteiger partial charge in [-0.05, 0) is 32.0 Å². The summed E-state index contributed by atoms with van der Waals surface area (Å²) in [4.78, 5) is 18.3. The van der Waals surface area contributed by atoms with E-state index in [1.54, 1.807) is 0 Å². The summed E-state index contributed by atoms with van der Waals surface area (Å²) >= 11 is 0. The molecule has 5 nitrogen and oxygen atoms in total. The predicted octanol–water partition coefficient (Wildman–Crippen LogP) is 3.61. The number of hydrogen-bond acceptors (Lipinski definition) is 4. The zero-order chi connectivity index (χ0) is 17.8. The van der Waals surface area contributed by atoms with Crippen LogP contribution in [0.3, 0.4) is 0 Å². The summed E-state index contributed by atoms with van der Waals surface area (Å²) in [5.74, 6) is -0.687. The Morgan fingerprint density at radius 1 is 1.37 bits per heavy atom. The number of amides is 1. The lowest BCUT2D eigenvalue weighted by Crippen LogP contribution is -2.47. The molecule has 0 radical (unpaired) electrons. The van der Waals surface area contributed by atoms with Gasteiger partial charge in [0.05, 0.1) is 11.8 Å². The van der Waals surface area contributed by atoms with Gasteiger partial charge in [-0.25, -0.2) is 13.8 Å². The van der Waals surface area contributed by atoms with E-state index in [-0.39, 0.29) is 42.0 Å². The fraction of sp³-hybridized carbons (Fsp3) is 0.444. The maximum Gasteiger partial charge on any atom is 0.223 e. The molecule has 1 amide bonds. The third-order valence-corrected chi connectivity index (χ3v) is 4.49. The van der Waals surface area contributed by atoms with Crippen LogP contribution in [0.4, 0.5) is 8.78 Å². The average molecular weight is 422 g/mol. The van der Waals surface area contributed by atoms with Crippen LogP contribution < -0.4 is 5.32 Å². The van der Waals surface area contributed by atoms with E-state index in [9.17, 15) is 13.6 Å². The standard InChI is InChI=1S/C18H21F2N3O2.2ClH/c1-21-13-3-2-8-23(11-13)18(24)7-6-17-22-10-16(25-17)14-5-4-12(19)9-15(14)20;;/h4-5,9-10,13,21H,2-3,6-8,11H2,1H3;2*1H. The highest BCUT2D eigenvalue weighted by molar-refractivity contribution is 5.85. The quantitative estimate of drug-likeness (QED) is 0.800. The number of nitrogens with zero attached hydrogens (tertiary/aromatic N) is 2. The molecule has 3 rings (SSSR count). The van der Waals surface area contributed by atoms with E-state index in [2.05, 4.69) is 10.3 Å². The van der Waals surface area contributed by atoms with E-state index < -0.39 is 11.6 Å². The van der Waals surface area contributed by atoms with Crippen molar-refractivity contribution in [3.8, 4) is 11.3 Å². The van der Waals surface area contributed by atoms with E-state index in [4.69, 9.17) is 4.42 Å². The van der Waals surface area contributed by atoms with Crippen molar-refractivity contribution in [2.24, 2.45) is 0 Å². The lowest BCUT2D eigenvalue weighted by Gasteiger charge is -2.32. The minimum Gasteiger partial charge on any atom is -0.441 e. The molecule has 2 heterocycles. The lowest BCUT2D eigenvalue weighted by molar-refractivity contribution is -0.132. The summed E-state index contributed by atoms with van der Waals surface area (Å²) in [6, 6.07) is 3.62. The Bertz CT molecular complexity index is 758. The molecule has 0 spiro atoms. The van der Waals surface area contributed by atoms with Gasteiger partial charge in [0.2, 0.25) is 5.91 Å². The van der Waals surface area contributed by atoms with Crippen LogP contribution in [0.2, 0.25) is 0 Å². The molecule has 1 aliphatic rings. The molecule has 1 saturated heterocycles. The molecule has 0 aliphatic carbocycles. The zero-order valence-electron chi connectivity index (χ0n) is 14.9. The number of rotatable bonds is 5. The van der Waals surface area contributed by atoms with Gasteiger partial charge in [0.25, 0.3) is 0 Å². The second kappa shape index (κ2) is 10.6. The molecule has 1 atom stereocenters. The minimum atomic E-state index is -0.704. The van der Waals surface area contributed by atoms with Crippen LogP contribution in [0.15, 0.2) is 28.8 Å². The van der Waals surface area contributed by atoms with Crippen molar-refractivity contribution >= 4 is 30.7 Å². The number of aryl methyl sites for hydroxylation is 1. The Morgan fingerprint density at radius 2 is 2.15 bits per heavy atom. The molecule has 1 aliphatic heterocycles. The number of nitrogens with one attached hydrogen (secondary N) is 1. The van der Waals surface area contributed by atoms with Gasteiger partial charge in [0.1, 0.15) is 11.6 Å². The molecule has 0 saturated carbocycles. The molecule has 0 bridgehead atoms. The van der Waals surface area contributed by atoms with Crippen LogP contribution in [-0.4, -0.2) is 42.0 Å². The van der Waals surface area contributed by atoms with E-state index in [0.29, 0.717) is 31.3 Å². The van der Waals surface area contributed by atoms with Crippen molar-refractivity contribution in [1.29, 1.82) is 0 Å². The first kappa shape index (κ1) is 23.3. The fourth-order valence-corrected chi connectivity index (χ4v) is 3.05. The van der Waals surface area contributed by atoms with E-state index >= 15 is 0 Å². The van der Waals surface area contributed by atoms with Crippen molar-refractivity contribution in [3.05, 3.63) is 41.9 Å². The van der Waals surface area contributed by atoms with Crippen LogP contribution in [0.5, 0.6) is 0 Å². The Labute approximate surface area is 169 Å². The summed E-state index contributed by atoms with van der Waals surface area (Å²) in [6.45, 7) is 1.49. The van der Waals surface area contributed by atoms with Crippen molar-refractivity contribution in [2.45, 2.75) is 31.7 Å². The van der Waals surface area contributed by atoms with Crippen molar-refractivity contribution < 1.29 is 18.0 Å². The first-order valence-corrected chi connectivity index (χ1v) is 8.42. The van der Waals surface area contributed by atoms with Gasteiger partial charge in [0.15, 0.2) is 11.7 Å². The Kier molecular flexibility index (Phi) is 9.15. The van der Waals surface area contributed by atoms with Crippen molar-refractivity contribution in [3.63, 3.8) is 0 Å². The smallest absolute Gasteiger partial charge is 0.223 e. The number of hydrogen-bond donors (Lipinski definition) is 1. The molecule has 150 valence electrons. The van der Waals surface area contributed by atoms with Gasteiger partial charge in [-0.15, -0.1) is 24.8 Å². The van der Waals surface area contributed by atoms with Crippen molar-refractivity contribution in [1.82, 2.24) is 15.2 Å². The maximum atomic E-state index is 13.8. The highest BCUT2D eigenvalue weighted by atomic mass is 35.5. The van der Waals surface area contributed by atoms with Gasteiger partial charge < -0.3 is 14.6 Å². The average Bonchev–Trinajstić information content (AvgIpc) is 3.08. The SMILES string of the molecule is CNC1CCCN(C(=O)CCc2ncc(-c3ccc(F)cc3F)o2)C1.Cl.Cl. The third kappa shape index (κ3) is 5.89. The van der Waals surface area contributed by atoms with Crippen LogP contribution >= 0.6 is 24.8 Å². The van der Waals surface area contributed by atoms with Crippen LogP contribution in [0.25, 0.3) is 11.3 Å². The number of likely N-dealkylation sites (tertiary alicyclic amines) is 1. The first-order valence-electron chi connectivity index (χ1n) is 8.42. The summed E-state index contributed by atoms with van der Waals surface area (Å²) in [5, 5.41) is 3.21. The minimum absolute atomic E-state index is 0. The second-order valence-electron chi connectivity index (χ2n) is 6.21. The number of likely N-dealkylation sites (N-methyl/N-ethyl adjacent to an activating group) is 1. The number of halogens is 4. The lowest BCUT2D eigenvalue weighted by atomic mass is 10.1. The van der Waals surface area contributed by atoms with Crippen LogP contribution in [0.1, 0.15) is 25.2 Å². The first-order chi connectivity index (χ1) is 12.1. The third-order valence-electron chi connectivity index (χ3n) is 4.49. The number of piperidine rings is 1. The van der Waals surface area contributed by atoms with Crippen LogP contribution in [0, 0.1) is 11.6 Å². The molecular weight excluding hydrogens is 399 g/mol. The van der Waals surface area contributed by atoms with E-state index in [1.807, 2.05) is 11.9 Å². The molecule has 1 fully saturated rings. The molecule has 27 heavy (non-hydrogen) atoms. The number of aromatic nitrogens is 1. The number of oxazole rings is 1. The number of carbonyl (C=O) groups excluding carboxylic acids is 1. The Morgan fingerprint density at radius 3 is 2.85 bits per heavy atom. The van der Waals surface area contributed by atoms with Crippen molar-refractivity contribution in [2.75, 3.05) is 20.1 Å². The molecule has 1 aromatic heterocycles. The molecule has 1 unspecified atom stereocenters. The monoisotopic (exact) mass is 421 g/mol. The van der Waals surface area contributed by atoms with Gasteiger partial charge in [-0.1, -0.05) is 0 Å². The predicted molar refractivity (Wildman–Crippen MR) is 103 cm³/mol. The van der Waals surface area contributed by atoms with Gasteiger partial charge in [-0.3, -0.25) is 4.79 Å². The summed E-state index contributed by atoms with van der Waals surface area (Å²) < 4.78 is 32.3. The zero-order valence-corrected chi connectivity index (χ0v) is 16.5. The summed E-state index contributed by atoms with van der Waals surface area (Å²) in [7, 11) is 1.90. The molecule has 2 aromatic rings.